The van der Waals surface area contributed by atoms with Crippen LogP contribution in [0.2, 0.25) is 0 Å². The van der Waals surface area contributed by atoms with E-state index in [0.29, 0.717) is 12.5 Å². The standard InChI is InChI=1S/C21H28N4O/c1-15(18-10-5-8-16-7-3-4-9-19(16)18)24-21(22-2)23-14-6-11-20(26)25-17-12-13-17/h3-5,7-10,15,17H,6,11-14H2,1-2H3,(H,25,26)(H2,22,23,24). The molecule has 1 aliphatic rings. The first-order chi connectivity index (χ1) is 12.7. The van der Waals surface area contributed by atoms with Gasteiger partial charge in [0, 0.05) is 26.1 Å². The van der Waals surface area contributed by atoms with Crippen molar-refractivity contribution < 1.29 is 4.79 Å². The number of fused-ring (bicyclic) bond motifs is 1. The van der Waals surface area contributed by atoms with Gasteiger partial charge in [-0.2, -0.15) is 0 Å². The van der Waals surface area contributed by atoms with Gasteiger partial charge in [0.25, 0.3) is 0 Å². The maximum absolute atomic E-state index is 11.7. The van der Waals surface area contributed by atoms with Crippen LogP contribution in [0, 0.1) is 0 Å². The lowest BCUT2D eigenvalue weighted by molar-refractivity contribution is -0.121. The van der Waals surface area contributed by atoms with Crippen LogP contribution in [0.5, 0.6) is 0 Å². The summed E-state index contributed by atoms with van der Waals surface area (Å²) in [5.74, 6) is 0.911. The Kier molecular flexibility index (Phi) is 6.10. The molecule has 1 amide bonds. The average molecular weight is 352 g/mol. The number of hydrogen-bond donors (Lipinski definition) is 3. The molecule has 0 aliphatic heterocycles. The lowest BCUT2D eigenvalue weighted by Gasteiger charge is -2.20. The van der Waals surface area contributed by atoms with Gasteiger partial charge in [0.05, 0.1) is 6.04 Å². The van der Waals surface area contributed by atoms with Crippen molar-refractivity contribution in [1.29, 1.82) is 0 Å². The summed E-state index contributed by atoms with van der Waals surface area (Å²) in [5, 5.41) is 12.3. The number of nitrogens with zero attached hydrogens (tertiary/aromatic N) is 1. The molecule has 0 spiro atoms. The molecule has 5 nitrogen and oxygen atoms in total. The van der Waals surface area contributed by atoms with Gasteiger partial charge in [-0.1, -0.05) is 42.5 Å². The van der Waals surface area contributed by atoms with Crippen molar-refractivity contribution in [2.24, 2.45) is 4.99 Å². The SMILES string of the molecule is CN=C(NCCCC(=O)NC1CC1)NC(C)c1cccc2ccccc12. The van der Waals surface area contributed by atoms with Gasteiger partial charge < -0.3 is 16.0 Å². The lowest BCUT2D eigenvalue weighted by atomic mass is 10.00. The van der Waals surface area contributed by atoms with Gasteiger partial charge in [0.1, 0.15) is 0 Å². The van der Waals surface area contributed by atoms with Crippen LogP contribution >= 0.6 is 0 Å². The summed E-state index contributed by atoms with van der Waals surface area (Å²) in [5.41, 5.74) is 1.25. The van der Waals surface area contributed by atoms with Crippen LogP contribution in [0.25, 0.3) is 10.8 Å². The van der Waals surface area contributed by atoms with Gasteiger partial charge in [0.2, 0.25) is 5.91 Å². The third kappa shape index (κ3) is 4.97. The number of hydrogen-bond acceptors (Lipinski definition) is 2. The van der Waals surface area contributed by atoms with Crippen molar-refractivity contribution in [3.63, 3.8) is 0 Å². The van der Waals surface area contributed by atoms with Crippen molar-refractivity contribution in [2.75, 3.05) is 13.6 Å². The van der Waals surface area contributed by atoms with E-state index in [1.54, 1.807) is 7.05 Å². The van der Waals surface area contributed by atoms with Crippen LogP contribution in [0.4, 0.5) is 0 Å². The molecule has 138 valence electrons. The smallest absolute Gasteiger partial charge is 0.220 e. The van der Waals surface area contributed by atoms with Crippen LogP contribution in [0.3, 0.4) is 0 Å². The number of rotatable bonds is 7. The first kappa shape index (κ1) is 18.2. The van der Waals surface area contributed by atoms with Crippen molar-refractivity contribution in [3.8, 4) is 0 Å². The molecule has 0 radical (unpaired) electrons. The number of guanidine groups is 1. The summed E-state index contributed by atoms with van der Waals surface area (Å²) < 4.78 is 0. The van der Waals surface area contributed by atoms with E-state index in [9.17, 15) is 4.79 Å². The van der Waals surface area contributed by atoms with E-state index in [1.807, 2.05) is 0 Å². The van der Waals surface area contributed by atoms with Crippen molar-refractivity contribution in [1.82, 2.24) is 16.0 Å². The highest BCUT2D eigenvalue weighted by molar-refractivity contribution is 5.87. The highest BCUT2D eigenvalue weighted by Gasteiger charge is 2.22. The quantitative estimate of drug-likeness (QED) is 0.407. The van der Waals surface area contributed by atoms with E-state index >= 15 is 0 Å². The average Bonchev–Trinajstić information content (AvgIpc) is 3.47. The molecule has 0 heterocycles. The Hall–Kier alpha value is -2.56. The Labute approximate surface area is 155 Å². The number of nitrogens with one attached hydrogen (secondary N) is 3. The minimum absolute atomic E-state index is 0.130. The van der Waals surface area contributed by atoms with Crippen molar-refractivity contribution >= 4 is 22.6 Å². The fourth-order valence-corrected chi connectivity index (χ4v) is 3.09. The van der Waals surface area contributed by atoms with E-state index in [2.05, 4.69) is 70.3 Å². The molecule has 26 heavy (non-hydrogen) atoms. The number of aliphatic imine (C=N–C) groups is 1. The van der Waals surface area contributed by atoms with Crippen LogP contribution in [-0.2, 0) is 4.79 Å². The molecule has 5 heteroatoms. The van der Waals surface area contributed by atoms with Gasteiger partial charge in [0.15, 0.2) is 5.96 Å². The predicted molar refractivity (Wildman–Crippen MR) is 107 cm³/mol. The van der Waals surface area contributed by atoms with Crippen molar-refractivity contribution in [2.45, 2.75) is 44.7 Å². The van der Waals surface area contributed by atoms with Crippen LogP contribution in [0.15, 0.2) is 47.5 Å². The molecule has 0 aromatic heterocycles. The minimum Gasteiger partial charge on any atom is -0.356 e. The molecular weight excluding hydrogens is 324 g/mol. The summed E-state index contributed by atoms with van der Waals surface area (Å²) in [4.78, 5) is 16.0. The maximum atomic E-state index is 11.7. The Bertz CT molecular complexity index is 777. The van der Waals surface area contributed by atoms with Gasteiger partial charge in [-0.25, -0.2) is 0 Å². The van der Waals surface area contributed by atoms with Crippen LogP contribution in [0.1, 0.15) is 44.2 Å². The first-order valence-electron chi connectivity index (χ1n) is 9.41. The first-order valence-corrected chi connectivity index (χ1v) is 9.41. The third-order valence-electron chi connectivity index (χ3n) is 4.68. The Morgan fingerprint density at radius 3 is 2.73 bits per heavy atom. The summed E-state index contributed by atoms with van der Waals surface area (Å²) in [6, 6.07) is 15.3. The fourth-order valence-electron chi connectivity index (χ4n) is 3.09. The number of carbonyl (C=O) groups is 1. The summed E-state index contributed by atoms with van der Waals surface area (Å²) in [6.07, 6.45) is 3.61. The van der Waals surface area contributed by atoms with Crippen LogP contribution in [-0.4, -0.2) is 31.5 Å². The van der Waals surface area contributed by atoms with Gasteiger partial charge in [-0.05, 0) is 42.5 Å². The van der Waals surface area contributed by atoms with Crippen LogP contribution < -0.4 is 16.0 Å². The zero-order chi connectivity index (χ0) is 18.4. The normalized spacial score (nSPS) is 15.5. The maximum Gasteiger partial charge on any atom is 0.220 e. The minimum atomic E-state index is 0.130. The van der Waals surface area contributed by atoms with E-state index in [4.69, 9.17) is 0 Å². The predicted octanol–water partition coefficient (Wildman–Crippen LogP) is 3.12. The highest BCUT2D eigenvalue weighted by atomic mass is 16.1. The molecular formula is C21H28N4O. The second-order valence-corrected chi connectivity index (χ2v) is 6.88. The molecule has 2 aromatic rings. The second kappa shape index (κ2) is 8.70. The molecule has 2 aromatic carbocycles. The zero-order valence-corrected chi connectivity index (χ0v) is 15.6. The Balaban J connectivity index is 1.50. The van der Waals surface area contributed by atoms with E-state index in [1.165, 1.54) is 16.3 Å². The molecule has 0 bridgehead atoms. The number of benzene rings is 2. The topological polar surface area (TPSA) is 65.5 Å². The largest absolute Gasteiger partial charge is 0.356 e. The molecule has 3 N–H and O–H groups in total. The molecule has 1 fully saturated rings. The molecule has 1 saturated carbocycles. The Morgan fingerprint density at radius 1 is 1.19 bits per heavy atom. The third-order valence-corrected chi connectivity index (χ3v) is 4.68. The number of amides is 1. The van der Waals surface area contributed by atoms with Gasteiger partial charge in [-0.15, -0.1) is 0 Å². The lowest BCUT2D eigenvalue weighted by Crippen LogP contribution is -2.39. The molecule has 0 saturated heterocycles. The summed E-state index contributed by atoms with van der Waals surface area (Å²) in [6.45, 7) is 2.86. The fraction of sp³-hybridized carbons (Fsp3) is 0.429. The summed E-state index contributed by atoms with van der Waals surface area (Å²) >= 11 is 0. The number of carbonyl (C=O) groups excluding carboxylic acids is 1. The van der Waals surface area contributed by atoms with E-state index < -0.39 is 0 Å². The summed E-state index contributed by atoms with van der Waals surface area (Å²) in [7, 11) is 1.77. The van der Waals surface area contributed by atoms with E-state index in [-0.39, 0.29) is 11.9 Å². The Morgan fingerprint density at radius 2 is 1.96 bits per heavy atom. The van der Waals surface area contributed by atoms with E-state index in [0.717, 1.165) is 31.8 Å². The molecule has 1 unspecified atom stereocenters. The zero-order valence-electron chi connectivity index (χ0n) is 15.6. The van der Waals surface area contributed by atoms with Gasteiger partial charge >= 0.3 is 0 Å². The molecule has 3 rings (SSSR count). The second-order valence-electron chi connectivity index (χ2n) is 6.88. The van der Waals surface area contributed by atoms with Gasteiger partial charge in [-0.3, -0.25) is 9.79 Å². The molecule has 1 atom stereocenters. The molecule has 1 aliphatic carbocycles. The monoisotopic (exact) mass is 352 g/mol. The van der Waals surface area contributed by atoms with Crippen molar-refractivity contribution in [3.05, 3.63) is 48.0 Å². The highest BCUT2D eigenvalue weighted by Crippen LogP contribution is 2.23.